The largest absolute Gasteiger partial charge is 0.343 e. The van der Waals surface area contributed by atoms with Crippen LogP contribution in [0.4, 0.5) is 0 Å². The van der Waals surface area contributed by atoms with Crippen LogP contribution in [0.15, 0.2) is 40.7 Å². The summed E-state index contributed by atoms with van der Waals surface area (Å²) in [5.74, 6) is -0.319. The fraction of sp³-hybridized carbons (Fsp3) is 0.412. The Morgan fingerprint density at radius 2 is 2.08 bits per heavy atom. The lowest BCUT2D eigenvalue weighted by molar-refractivity contribution is 0.0939. The molecule has 0 unspecified atom stereocenters. The molecule has 1 aliphatic rings. The summed E-state index contributed by atoms with van der Waals surface area (Å²) in [4.78, 5) is 16.7. The van der Waals surface area contributed by atoms with Gasteiger partial charge in [-0.05, 0) is 38.0 Å². The molecule has 8 heteroatoms. The molecule has 1 aromatic carbocycles. The first-order valence-electron chi connectivity index (χ1n) is 8.28. The van der Waals surface area contributed by atoms with Crippen LogP contribution in [0.5, 0.6) is 0 Å². The van der Waals surface area contributed by atoms with E-state index >= 15 is 0 Å². The Morgan fingerprint density at radius 1 is 1.32 bits per heavy atom. The number of nitrogens with zero attached hydrogens (tertiary/aromatic N) is 1. The van der Waals surface area contributed by atoms with E-state index in [1.807, 2.05) is 12.3 Å². The van der Waals surface area contributed by atoms with Gasteiger partial charge in [-0.25, -0.2) is 18.1 Å². The Labute approximate surface area is 151 Å². The Balaban J connectivity index is 1.73. The highest BCUT2D eigenvalue weighted by Crippen LogP contribution is 2.21. The highest BCUT2D eigenvalue weighted by atomic mass is 32.2. The fourth-order valence-electron chi connectivity index (χ4n) is 2.93. The average Bonchev–Trinajstić information content (AvgIpc) is 3.28. The van der Waals surface area contributed by atoms with Gasteiger partial charge >= 0.3 is 0 Å². The standard InChI is InChI=1S/C17H21N3O3S2/c1-12(17-18-9-10-24-17)19-16(21)13-5-4-8-15(11-13)25(22,23)20-14-6-2-3-7-14/h4-5,8-12,14,20H,2-3,6-7H2,1H3,(H,19,21)/t12-/m1/s1. The lowest BCUT2D eigenvalue weighted by Gasteiger charge is -2.14. The van der Waals surface area contributed by atoms with Crippen LogP contribution in [0, 0.1) is 0 Å². The number of amides is 1. The molecule has 6 nitrogen and oxygen atoms in total. The first kappa shape index (κ1) is 18.0. The highest BCUT2D eigenvalue weighted by Gasteiger charge is 2.23. The molecule has 1 fully saturated rings. The number of hydrogen-bond acceptors (Lipinski definition) is 5. The minimum atomic E-state index is -3.61. The van der Waals surface area contributed by atoms with E-state index in [0.717, 1.165) is 30.7 Å². The van der Waals surface area contributed by atoms with Crippen LogP contribution in [-0.2, 0) is 10.0 Å². The topological polar surface area (TPSA) is 88.2 Å². The van der Waals surface area contributed by atoms with E-state index < -0.39 is 10.0 Å². The van der Waals surface area contributed by atoms with Crippen LogP contribution in [0.25, 0.3) is 0 Å². The summed E-state index contributed by atoms with van der Waals surface area (Å²) in [5.41, 5.74) is 0.317. The number of thiazole rings is 1. The molecular weight excluding hydrogens is 358 g/mol. The molecule has 0 aliphatic heterocycles. The third kappa shape index (κ3) is 4.45. The SMILES string of the molecule is C[C@@H](NC(=O)c1cccc(S(=O)(=O)NC2CCCC2)c1)c1nccs1. The fourth-order valence-corrected chi connectivity index (χ4v) is 4.92. The summed E-state index contributed by atoms with van der Waals surface area (Å²) in [6, 6.07) is 5.89. The number of carbonyl (C=O) groups is 1. The third-order valence-electron chi connectivity index (χ3n) is 4.25. The molecule has 1 saturated carbocycles. The number of hydrogen-bond donors (Lipinski definition) is 2. The third-order valence-corrected chi connectivity index (χ3v) is 6.73. The number of rotatable bonds is 6. The second-order valence-electron chi connectivity index (χ2n) is 6.20. The summed E-state index contributed by atoms with van der Waals surface area (Å²) in [6.45, 7) is 1.85. The van der Waals surface area contributed by atoms with Gasteiger partial charge in [-0.2, -0.15) is 0 Å². The van der Waals surface area contributed by atoms with Gasteiger partial charge < -0.3 is 5.32 Å². The van der Waals surface area contributed by atoms with Gasteiger partial charge in [0.25, 0.3) is 5.91 Å². The molecule has 2 aromatic rings. The van der Waals surface area contributed by atoms with Crippen LogP contribution in [0.3, 0.4) is 0 Å². The Hall–Kier alpha value is -1.77. The van der Waals surface area contributed by atoms with E-state index in [2.05, 4.69) is 15.0 Å². The van der Waals surface area contributed by atoms with E-state index in [9.17, 15) is 13.2 Å². The van der Waals surface area contributed by atoms with E-state index in [1.165, 1.54) is 23.5 Å². The number of benzene rings is 1. The Morgan fingerprint density at radius 3 is 2.76 bits per heavy atom. The van der Waals surface area contributed by atoms with Crippen molar-refractivity contribution in [3.05, 3.63) is 46.4 Å². The molecule has 1 aromatic heterocycles. The van der Waals surface area contributed by atoms with E-state index in [1.54, 1.807) is 18.3 Å². The van der Waals surface area contributed by atoms with Crippen molar-refractivity contribution in [1.29, 1.82) is 0 Å². The molecule has 25 heavy (non-hydrogen) atoms. The van der Waals surface area contributed by atoms with Gasteiger partial charge in [-0.3, -0.25) is 4.79 Å². The van der Waals surface area contributed by atoms with Crippen molar-refractivity contribution in [2.24, 2.45) is 0 Å². The highest BCUT2D eigenvalue weighted by molar-refractivity contribution is 7.89. The van der Waals surface area contributed by atoms with E-state index in [4.69, 9.17) is 0 Å². The zero-order valence-electron chi connectivity index (χ0n) is 13.9. The van der Waals surface area contributed by atoms with Crippen LogP contribution >= 0.6 is 11.3 Å². The monoisotopic (exact) mass is 379 g/mol. The number of nitrogens with one attached hydrogen (secondary N) is 2. The van der Waals surface area contributed by atoms with Crippen molar-refractivity contribution in [2.75, 3.05) is 0 Å². The molecule has 134 valence electrons. The molecule has 0 spiro atoms. The van der Waals surface area contributed by atoms with Crippen LogP contribution in [-0.4, -0.2) is 25.4 Å². The molecule has 0 bridgehead atoms. The summed E-state index contributed by atoms with van der Waals surface area (Å²) < 4.78 is 27.8. The zero-order valence-corrected chi connectivity index (χ0v) is 15.6. The molecule has 0 saturated heterocycles. The average molecular weight is 380 g/mol. The summed E-state index contributed by atoms with van der Waals surface area (Å²) >= 11 is 1.46. The molecule has 2 N–H and O–H groups in total. The molecule has 1 heterocycles. The van der Waals surface area contributed by atoms with Crippen molar-refractivity contribution in [1.82, 2.24) is 15.0 Å². The van der Waals surface area contributed by atoms with Gasteiger partial charge in [-0.1, -0.05) is 18.9 Å². The van der Waals surface area contributed by atoms with E-state index in [-0.39, 0.29) is 22.9 Å². The maximum atomic E-state index is 12.5. The Bertz CT molecular complexity index is 829. The minimum absolute atomic E-state index is 0.00703. The summed E-state index contributed by atoms with van der Waals surface area (Å²) in [6.07, 6.45) is 5.51. The van der Waals surface area contributed by atoms with E-state index in [0.29, 0.717) is 5.56 Å². The predicted molar refractivity (Wildman–Crippen MR) is 97.0 cm³/mol. The van der Waals surface area contributed by atoms with Crippen LogP contribution in [0.2, 0.25) is 0 Å². The zero-order chi connectivity index (χ0) is 17.9. The molecule has 1 aliphatic carbocycles. The predicted octanol–water partition coefficient (Wildman–Crippen LogP) is 2.86. The Kier molecular flexibility index (Phi) is 5.51. The normalized spacial score (nSPS) is 16.7. The van der Waals surface area contributed by atoms with Gasteiger partial charge in [0.1, 0.15) is 5.01 Å². The summed E-state index contributed by atoms with van der Waals surface area (Å²) in [7, 11) is -3.61. The van der Waals surface area contributed by atoms with Crippen molar-refractivity contribution in [3.8, 4) is 0 Å². The molecule has 3 rings (SSSR count). The number of sulfonamides is 1. The smallest absolute Gasteiger partial charge is 0.251 e. The first-order valence-corrected chi connectivity index (χ1v) is 10.6. The molecule has 1 amide bonds. The van der Waals surface area contributed by atoms with Crippen LogP contribution in [0.1, 0.15) is 54.0 Å². The van der Waals surface area contributed by atoms with Crippen molar-refractivity contribution in [3.63, 3.8) is 0 Å². The molecule has 0 radical (unpaired) electrons. The lowest BCUT2D eigenvalue weighted by atomic mass is 10.2. The van der Waals surface area contributed by atoms with Gasteiger partial charge in [0.2, 0.25) is 10.0 Å². The van der Waals surface area contributed by atoms with Gasteiger partial charge in [0, 0.05) is 23.2 Å². The van der Waals surface area contributed by atoms with Gasteiger partial charge in [0.05, 0.1) is 10.9 Å². The number of carbonyl (C=O) groups excluding carboxylic acids is 1. The van der Waals surface area contributed by atoms with Crippen molar-refractivity contribution >= 4 is 27.3 Å². The van der Waals surface area contributed by atoms with Crippen molar-refractivity contribution < 1.29 is 13.2 Å². The van der Waals surface area contributed by atoms with Gasteiger partial charge in [0.15, 0.2) is 0 Å². The maximum absolute atomic E-state index is 12.5. The molecular formula is C17H21N3O3S2. The first-order chi connectivity index (χ1) is 12.0. The number of aromatic nitrogens is 1. The van der Waals surface area contributed by atoms with Crippen LogP contribution < -0.4 is 10.0 Å². The molecule has 1 atom stereocenters. The quantitative estimate of drug-likeness (QED) is 0.808. The summed E-state index contributed by atoms with van der Waals surface area (Å²) in [5, 5.41) is 5.50. The lowest BCUT2D eigenvalue weighted by Crippen LogP contribution is -2.33. The second-order valence-corrected chi connectivity index (χ2v) is 8.84. The van der Waals surface area contributed by atoms with Crippen molar-refractivity contribution in [2.45, 2.75) is 49.6 Å². The van der Waals surface area contributed by atoms with Gasteiger partial charge in [-0.15, -0.1) is 11.3 Å². The minimum Gasteiger partial charge on any atom is -0.343 e. The maximum Gasteiger partial charge on any atom is 0.251 e. The second kappa shape index (κ2) is 7.63.